The van der Waals surface area contributed by atoms with Crippen LogP contribution in [0.5, 0.6) is 0 Å². The molecule has 0 spiro atoms. The fourth-order valence-electron chi connectivity index (χ4n) is 1.10. The number of terminal acetylenes is 1. The molecule has 0 atom stereocenters. The zero-order valence-corrected chi connectivity index (χ0v) is 8.79. The van der Waals surface area contributed by atoms with Gasteiger partial charge in [-0.3, -0.25) is 0 Å². The molecule has 0 unspecified atom stereocenters. The predicted octanol–water partition coefficient (Wildman–Crippen LogP) is 1.65. The lowest BCUT2D eigenvalue weighted by atomic mass is 10.2. The Balaban J connectivity index is 2.26. The van der Waals surface area contributed by atoms with Crippen molar-refractivity contribution in [1.29, 1.82) is 0 Å². The molecule has 0 aromatic heterocycles. The molecule has 0 fully saturated rings. The second kappa shape index (κ2) is 6.46. The number of urea groups is 1. The van der Waals surface area contributed by atoms with Gasteiger partial charge in [-0.05, 0) is 17.7 Å². The van der Waals surface area contributed by atoms with Crippen LogP contribution in [0.1, 0.15) is 12.0 Å². The summed E-state index contributed by atoms with van der Waals surface area (Å²) in [5, 5.41) is 5.23. The van der Waals surface area contributed by atoms with E-state index >= 15 is 0 Å². The highest BCUT2D eigenvalue weighted by molar-refractivity contribution is 5.73. The molecular weight excluding hydrogens is 207 g/mol. The van der Waals surface area contributed by atoms with E-state index in [0.717, 1.165) is 5.56 Å². The van der Waals surface area contributed by atoms with Gasteiger partial charge in [0.1, 0.15) is 5.82 Å². The molecule has 1 aromatic rings. The SMILES string of the molecule is C#CCCNC(=O)NCc1ccc(F)cc1. The van der Waals surface area contributed by atoms with Gasteiger partial charge in [-0.2, -0.15) is 0 Å². The van der Waals surface area contributed by atoms with Crippen molar-refractivity contribution < 1.29 is 9.18 Å². The predicted molar refractivity (Wildman–Crippen MR) is 60.1 cm³/mol. The van der Waals surface area contributed by atoms with Crippen LogP contribution >= 0.6 is 0 Å². The van der Waals surface area contributed by atoms with Crippen molar-refractivity contribution in [2.75, 3.05) is 6.54 Å². The van der Waals surface area contributed by atoms with E-state index in [1.165, 1.54) is 12.1 Å². The van der Waals surface area contributed by atoms with Gasteiger partial charge < -0.3 is 10.6 Å². The van der Waals surface area contributed by atoms with E-state index in [9.17, 15) is 9.18 Å². The quantitative estimate of drug-likeness (QED) is 0.588. The van der Waals surface area contributed by atoms with Gasteiger partial charge in [-0.1, -0.05) is 12.1 Å². The Morgan fingerprint density at radius 3 is 2.62 bits per heavy atom. The van der Waals surface area contributed by atoms with Gasteiger partial charge in [0, 0.05) is 19.5 Å². The van der Waals surface area contributed by atoms with E-state index in [1.54, 1.807) is 12.1 Å². The Morgan fingerprint density at radius 2 is 2.00 bits per heavy atom. The number of halogens is 1. The van der Waals surface area contributed by atoms with Crippen LogP contribution < -0.4 is 10.6 Å². The number of rotatable bonds is 4. The first-order valence-corrected chi connectivity index (χ1v) is 4.92. The van der Waals surface area contributed by atoms with E-state index in [-0.39, 0.29) is 11.8 Å². The van der Waals surface area contributed by atoms with E-state index in [0.29, 0.717) is 19.5 Å². The van der Waals surface area contributed by atoms with Crippen molar-refractivity contribution in [3.63, 3.8) is 0 Å². The molecule has 2 amide bonds. The van der Waals surface area contributed by atoms with E-state index < -0.39 is 0 Å². The largest absolute Gasteiger partial charge is 0.337 e. The molecule has 84 valence electrons. The highest BCUT2D eigenvalue weighted by Gasteiger charge is 1.99. The lowest BCUT2D eigenvalue weighted by Gasteiger charge is -2.06. The Hall–Kier alpha value is -2.02. The molecule has 0 heterocycles. The lowest BCUT2D eigenvalue weighted by Crippen LogP contribution is -2.35. The van der Waals surface area contributed by atoms with Crippen LogP contribution in [0.4, 0.5) is 9.18 Å². The second-order valence-electron chi connectivity index (χ2n) is 3.19. The maximum atomic E-state index is 12.6. The van der Waals surface area contributed by atoms with Gasteiger partial charge >= 0.3 is 6.03 Å². The van der Waals surface area contributed by atoms with Crippen LogP contribution in [0.25, 0.3) is 0 Å². The molecule has 0 radical (unpaired) electrons. The number of carbonyl (C=O) groups excluding carboxylic acids is 1. The minimum absolute atomic E-state index is 0.278. The first-order chi connectivity index (χ1) is 7.72. The van der Waals surface area contributed by atoms with Crippen molar-refractivity contribution in [3.05, 3.63) is 35.6 Å². The minimum Gasteiger partial charge on any atom is -0.337 e. The molecule has 0 saturated heterocycles. The molecule has 3 nitrogen and oxygen atoms in total. The summed E-state index contributed by atoms with van der Waals surface area (Å²) in [5.74, 6) is 2.13. The van der Waals surface area contributed by atoms with Crippen LogP contribution in [-0.2, 0) is 6.54 Å². The van der Waals surface area contributed by atoms with Crippen LogP contribution in [0.2, 0.25) is 0 Å². The highest BCUT2D eigenvalue weighted by Crippen LogP contribution is 2.01. The molecule has 0 saturated carbocycles. The first-order valence-electron chi connectivity index (χ1n) is 4.92. The van der Waals surface area contributed by atoms with Crippen LogP contribution in [-0.4, -0.2) is 12.6 Å². The summed E-state index contributed by atoms with van der Waals surface area (Å²) in [5.41, 5.74) is 0.841. The summed E-state index contributed by atoms with van der Waals surface area (Å²) in [6.45, 7) is 0.813. The summed E-state index contributed by atoms with van der Waals surface area (Å²) < 4.78 is 12.6. The maximum Gasteiger partial charge on any atom is 0.315 e. The van der Waals surface area contributed by atoms with Gasteiger partial charge in [0.05, 0.1) is 0 Å². The Kier molecular flexibility index (Phi) is 4.87. The average molecular weight is 220 g/mol. The van der Waals surface area contributed by atoms with Crippen LogP contribution in [0, 0.1) is 18.2 Å². The van der Waals surface area contributed by atoms with Crippen molar-refractivity contribution in [2.45, 2.75) is 13.0 Å². The molecule has 2 N–H and O–H groups in total. The standard InChI is InChI=1S/C12H13FN2O/c1-2-3-8-14-12(16)15-9-10-4-6-11(13)7-5-10/h1,4-7H,3,8-9H2,(H2,14,15,16). The molecular formula is C12H13FN2O. The third-order valence-electron chi connectivity index (χ3n) is 1.92. The highest BCUT2D eigenvalue weighted by atomic mass is 19.1. The Labute approximate surface area is 94.0 Å². The van der Waals surface area contributed by atoms with Gasteiger partial charge in [-0.25, -0.2) is 9.18 Å². The van der Waals surface area contributed by atoms with Gasteiger partial charge in [0.25, 0.3) is 0 Å². The normalized spacial score (nSPS) is 9.25. The Bertz CT molecular complexity index is 381. The van der Waals surface area contributed by atoms with Crippen molar-refractivity contribution >= 4 is 6.03 Å². The summed E-state index contributed by atoms with van der Waals surface area (Å²) in [6, 6.07) is 5.67. The number of nitrogens with one attached hydrogen (secondary N) is 2. The fourth-order valence-corrected chi connectivity index (χ4v) is 1.10. The Morgan fingerprint density at radius 1 is 1.31 bits per heavy atom. The summed E-state index contributed by atoms with van der Waals surface area (Å²) in [4.78, 5) is 11.2. The van der Waals surface area contributed by atoms with Crippen molar-refractivity contribution in [1.82, 2.24) is 10.6 Å². The monoisotopic (exact) mass is 220 g/mol. The number of amides is 2. The smallest absolute Gasteiger partial charge is 0.315 e. The number of benzene rings is 1. The maximum absolute atomic E-state index is 12.6. The molecule has 0 aliphatic heterocycles. The first kappa shape index (κ1) is 12.1. The molecule has 0 aliphatic rings. The molecule has 1 aromatic carbocycles. The second-order valence-corrected chi connectivity index (χ2v) is 3.19. The minimum atomic E-state index is -0.290. The summed E-state index contributed by atoms with van der Waals surface area (Å²) >= 11 is 0. The molecule has 0 bridgehead atoms. The molecule has 0 aliphatic carbocycles. The molecule has 4 heteroatoms. The average Bonchev–Trinajstić information content (AvgIpc) is 2.29. The van der Waals surface area contributed by atoms with Gasteiger partial charge in [-0.15, -0.1) is 12.3 Å². The van der Waals surface area contributed by atoms with E-state index in [4.69, 9.17) is 6.42 Å². The van der Waals surface area contributed by atoms with Crippen LogP contribution in [0.15, 0.2) is 24.3 Å². The number of hydrogen-bond donors (Lipinski definition) is 2. The van der Waals surface area contributed by atoms with Crippen molar-refractivity contribution in [3.8, 4) is 12.3 Å². The summed E-state index contributed by atoms with van der Waals surface area (Å²) in [6.07, 6.45) is 5.54. The van der Waals surface area contributed by atoms with Gasteiger partial charge in [0.15, 0.2) is 0 Å². The zero-order chi connectivity index (χ0) is 11.8. The lowest BCUT2D eigenvalue weighted by molar-refractivity contribution is 0.241. The zero-order valence-electron chi connectivity index (χ0n) is 8.79. The topological polar surface area (TPSA) is 41.1 Å². The number of hydrogen-bond acceptors (Lipinski definition) is 1. The van der Waals surface area contributed by atoms with Crippen LogP contribution in [0.3, 0.4) is 0 Å². The van der Waals surface area contributed by atoms with E-state index in [1.807, 2.05) is 0 Å². The fraction of sp³-hybridized carbons (Fsp3) is 0.250. The van der Waals surface area contributed by atoms with Gasteiger partial charge in [0.2, 0.25) is 0 Å². The third kappa shape index (κ3) is 4.47. The molecule has 1 rings (SSSR count). The van der Waals surface area contributed by atoms with Crippen molar-refractivity contribution in [2.24, 2.45) is 0 Å². The number of carbonyl (C=O) groups is 1. The van der Waals surface area contributed by atoms with E-state index in [2.05, 4.69) is 16.6 Å². The third-order valence-corrected chi connectivity index (χ3v) is 1.92. The molecule has 16 heavy (non-hydrogen) atoms. The summed E-state index contributed by atoms with van der Waals surface area (Å²) in [7, 11) is 0.